The van der Waals surface area contributed by atoms with Gasteiger partial charge < -0.3 is 4.90 Å². The molecule has 1 aliphatic heterocycles. The molecule has 1 aromatic heterocycles. The molecule has 0 spiro atoms. The number of hydrogen-bond acceptors (Lipinski definition) is 4. The lowest BCUT2D eigenvalue weighted by atomic mass is 10.1. The van der Waals surface area contributed by atoms with E-state index in [0.717, 1.165) is 24.4 Å². The molecule has 4 nitrogen and oxygen atoms in total. The third-order valence-corrected chi connectivity index (χ3v) is 8.05. The van der Waals surface area contributed by atoms with Gasteiger partial charge in [0.05, 0.1) is 9.67 Å². The molecule has 8 heteroatoms. The van der Waals surface area contributed by atoms with Gasteiger partial charge in [0, 0.05) is 25.0 Å². The van der Waals surface area contributed by atoms with E-state index in [4.69, 9.17) is 11.6 Å². The third kappa shape index (κ3) is 3.56. The molecule has 0 aromatic carbocycles. The van der Waals surface area contributed by atoms with Crippen LogP contribution in [0.3, 0.4) is 0 Å². The fourth-order valence-corrected chi connectivity index (χ4v) is 6.41. The average molecular weight is 402 g/mol. The summed E-state index contributed by atoms with van der Waals surface area (Å²) in [5.74, 6) is 0.736. The van der Waals surface area contributed by atoms with Crippen LogP contribution in [0.2, 0.25) is 0 Å². The molecule has 0 bridgehead atoms. The Bertz CT molecular complexity index is 576. The number of likely N-dealkylation sites (tertiary alicyclic amines) is 1. The molecule has 1 atom stereocenters. The van der Waals surface area contributed by atoms with Crippen molar-refractivity contribution in [1.29, 1.82) is 0 Å². The van der Waals surface area contributed by atoms with E-state index in [1.807, 2.05) is 0 Å². The Morgan fingerprint density at radius 1 is 1.60 bits per heavy atom. The van der Waals surface area contributed by atoms with E-state index in [9.17, 15) is 8.42 Å². The zero-order valence-electron chi connectivity index (χ0n) is 11.5. The van der Waals surface area contributed by atoms with Crippen LogP contribution in [-0.4, -0.2) is 51.4 Å². The van der Waals surface area contributed by atoms with Crippen LogP contribution >= 0.6 is 38.9 Å². The molecule has 20 heavy (non-hydrogen) atoms. The summed E-state index contributed by atoms with van der Waals surface area (Å²) in [6.07, 6.45) is 1.05. The van der Waals surface area contributed by atoms with Crippen molar-refractivity contribution >= 4 is 48.9 Å². The van der Waals surface area contributed by atoms with Crippen LogP contribution in [0.1, 0.15) is 11.3 Å². The summed E-state index contributed by atoms with van der Waals surface area (Å²) in [5.41, 5.74) is 0. The summed E-state index contributed by atoms with van der Waals surface area (Å²) in [5, 5.41) is 0. The first-order valence-corrected chi connectivity index (χ1v) is 9.92. The number of halogens is 2. The zero-order valence-corrected chi connectivity index (χ0v) is 15.4. The van der Waals surface area contributed by atoms with Crippen molar-refractivity contribution in [1.82, 2.24) is 9.21 Å². The Morgan fingerprint density at radius 2 is 2.30 bits per heavy atom. The number of alkyl halides is 1. The van der Waals surface area contributed by atoms with Gasteiger partial charge in [0.25, 0.3) is 0 Å². The summed E-state index contributed by atoms with van der Waals surface area (Å²) >= 11 is 10.5. The van der Waals surface area contributed by atoms with Crippen molar-refractivity contribution in [2.75, 3.05) is 33.7 Å². The zero-order chi connectivity index (χ0) is 14.9. The van der Waals surface area contributed by atoms with E-state index in [2.05, 4.69) is 27.9 Å². The second kappa shape index (κ2) is 6.62. The van der Waals surface area contributed by atoms with E-state index < -0.39 is 10.0 Å². The van der Waals surface area contributed by atoms with Gasteiger partial charge in [0.15, 0.2) is 0 Å². The number of sulfonamides is 1. The number of rotatable bonds is 5. The SMILES string of the molecule is CN1CCC(CN(C)S(=O)(=O)c2cc(CCl)sc2Br)C1. The van der Waals surface area contributed by atoms with Gasteiger partial charge in [-0.15, -0.1) is 22.9 Å². The van der Waals surface area contributed by atoms with Crippen LogP contribution in [0, 0.1) is 5.92 Å². The minimum atomic E-state index is -3.44. The Labute approximate surface area is 137 Å². The maximum absolute atomic E-state index is 12.6. The predicted octanol–water partition coefficient (Wildman–Crippen LogP) is 2.82. The van der Waals surface area contributed by atoms with Crippen molar-refractivity contribution in [2.45, 2.75) is 17.2 Å². The van der Waals surface area contributed by atoms with Crippen molar-refractivity contribution in [3.05, 3.63) is 14.7 Å². The third-order valence-electron chi connectivity index (χ3n) is 3.53. The largest absolute Gasteiger partial charge is 0.306 e. The predicted molar refractivity (Wildman–Crippen MR) is 87.0 cm³/mol. The second-order valence-corrected chi connectivity index (χ2v) is 9.92. The Kier molecular flexibility index (Phi) is 5.53. The van der Waals surface area contributed by atoms with Crippen molar-refractivity contribution in [3.63, 3.8) is 0 Å². The fraction of sp³-hybridized carbons (Fsp3) is 0.667. The van der Waals surface area contributed by atoms with Crippen LogP contribution in [0.4, 0.5) is 0 Å². The van der Waals surface area contributed by atoms with Crippen molar-refractivity contribution < 1.29 is 8.42 Å². The molecule has 0 N–H and O–H groups in total. The van der Waals surface area contributed by atoms with Crippen LogP contribution in [0.15, 0.2) is 14.7 Å². The first-order chi connectivity index (χ1) is 9.34. The molecule has 1 saturated heterocycles. The molecule has 2 heterocycles. The quantitative estimate of drug-likeness (QED) is 0.712. The highest BCUT2D eigenvalue weighted by Crippen LogP contribution is 2.34. The summed E-state index contributed by atoms with van der Waals surface area (Å²) < 4.78 is 27.3. The molecule has 1 fully saturated rings. The van der Waals surface area contributed by atoms with E-state index in [1.54, 1.807) is 13.1 Å². The standard InChI is InChI=1S/C12H18BrClN2O2S2/c1-15-4-3-9(7-15)8-16(2)20(17,18)11-5-10(6-14)19-12(11)13/h5,9H,3-4,6-8H2,1-2H3. The summed E-state index contributed by atoms with van der Waals surface area (Å²) in [6, 6.07) is 1.66. The van der Waals surface area contributed by atoms with Gasteiger partial charge in [0.1, 0.15) is 4.90 Å². The van der Waals surface area contributed by atoms with Gasteiger partial charge in [-0.2, -0.15) is 0 Å². The minimum absolute atomic E-state index is 0.326. The van der Waals surface area contributed by atoms with Gasteiger partial charge in [0.2, 0.25) is 10.0 Å². The summed E-state index contributed by atoms with van der Waals surface area (Å²) in [7, 11) is 0.273. The molecule has 0 radical (unpaired) electrons. The Balaban J connectivity index is 2.14. The maximum Gasteiger partial charge on any atom is 0.244 e. The maximum atomic E-state index is 12.6. The molecular weight excluding hydrogens is 384 g/mol. The van der Waals surface area contributed by atoms with Crippen LogP contribution in [-0.2, 0) is 15.9 Å². The van der Waals surface area contributed by atoms with Gasteiger partial charge in [-0.05, 0) is 47.9 Å². The normalized spacial score (nSPS) is 20.9. The molecule has 2 rings (SSSR count). The van der Waals surface area contributed by atoms with E-state index in [-0.39, 0.29) is 0 Å². The Hall–Kier alpha value is 0.340. The van der Waals surface area contributed by atoms with Gasteiger partial charge >= 0.3 is 0 Å². The van der Waals surface area contributed by atoms with Gasteiger partial charge in [-0.25, -0.2) is 12.7 Å². The fourth-order valence-electron chi connectivity index (χ4n) is 2.44. The highest BCUT2D eigenvalue weighted by molar-refractivity contribution is 9.11. The number of hydrogen-bond donors (Lipinski definition) is 0. The smallest absolute Gasteiger partial charge is 0.244 e. The van der Waals surface area contributed by atoms with Crippen LogP contribution < -0.4 is 0 Å². The lowest BCUT2D eigenvalue weighted by molar-refractivity contribution is 0.356. The first kappa shape index (κ1) is 16.7. The van der Waals surface area contributed by atoms with E-state index in [1.165, 1.54) is 15.6 Å². The number of thiophene rings is 1. The highest BCUT2D eigenvalue weighted by atomic mass is 79.9. The molecule has 1 aliphatic rings. The van der Waals surface area contributed by atoms with E-state index >= 15 is 0 Å². The van der Waals surface area contributed by atoms with Gasteiger partial charge in [-0.3, -0.25) is 0 Å². The Morgan fingerprint density at radius 3 is 2.80 bits per heavy atom. The summed E-state index contributed by atoms with van der Waals surface area (Å²) in [4.78, 5) is 3.41. The number of nitrogens with zero attached hydrogens (tertiary/aromatic N) is 2. The molecular formula is C12H18BrClN2O2S2. The van der Waals surface area contributed by atoms with Crippen molar-refractivity contribution in [3.8, 4) is 0 Å². The minimum Gasteiger partial charge on any atom is -0.306 e. The molecule has 0 amide bonds. The first-order valence-electron chi connectivity index (χ1n) is 6.33. The molecule has 1 unspecified atom stereocenters. The topological polar surface area (TPSA) is 40.6 Å². The summed E-state index contributed by atoms with van der Waals surface area (Å²) in [6.45, 7) is 2.56. The van der Waals surface area contributed by atoms with Crippen molar-refractivity contribution in [2.24, 2.45) is 5.92 Å². The van der Waals surface area contributed by atoms with E-state index in [0.29, 0.717) is 27.0 Å². The van der Waals surface area contributed by atoms with Gasteiger partial charge in [-0.1, -0.05) is 0 Å². The lowest BCUT2D eigenvalue weighted by Crippen LogP contribution is -2.32. The van der Waals surface area contributed by atoms with Crippen LogP contribution in [0.25, 0.3) is 0 Å². The molecule has 0 aliphatic carbocycles. The monoisotopic (exact) mass is 400 g/mol. The molecule has 0 saturated carbocycles. The second-order valence-electron chi connectivity index (χ2n) is 5.19. The lowest BCUT2D eigenvalue weighted by Gasteiger charge is -2.20. The molecule has 1 aromatic rings. The molecule has 114 valence electrons. The average Bonchev–Trinajstić information content (AvgIpc) is 2.95. The highest BCUT2D eigenvalue weighted by Gasteiger charge is 2.29. The van der Waals surface area contributed by atoms with Crippen LogP contribution in [0.5, 0.6) is 0 Å².